The van der Waals surface area contributed by atoms with Gasteiger partial charge in [0, 0.05) is 37.8 Å². The van der Waals surface area contributed by atoms with Crippen LogP contribution in [0.15, 0.2) is 30.5 Å². The zero-order valence-electron chi connectivity index (χ0n) is 13.2. The van der Waals surface area contributed by atoms with E-state index in [-0.39, 0.29) is 11.7 Å². The van der Waals surface area contributed by atoms with E-state index in [9.17, 15) is 12.8 Å². The van der Waals surface area contributed by atoms with Gasteiger partial charge in [-0.1, -0.05) is 12.1 Å². The van der Waals surface area contributed by atoms with Crippen molar-refractivity contribution in [2.45, 2.75) is 18.8 Å². The van der Waals surface area contributed by atoms with Crippen LogP contribution in [0.1, 0.15) is 24.6 Å². The first kappa shape index (κ1) is 16.1. The fraction of sp³-hybridized carbons (Fsp3) is 0.438. The highest BCUT2D eigenvalue weighted by Gasteiger charge is 2.28. The summed E-state index contributed by atoms with van der Waals surface area (Å²) in [6, 6.07) is 6.39. The number of sulfonamides is 1. The van der Waals surface area contributed by atoms with Crippen molar-refractivity contribution in [1.29, 1.82) is 0 Å². The van der Waals surface area contributed by atoms with Crippen LogP contribution in [0.3, 0.4) is 0 Å². The Kier molecular flexibility index (Phi) is 4.25. The molecule has 0 bridgehead atoms. The van der Waals surface area contributed by atoms with Crippen molar-refractivity contribution in [3.63, 3.8) is 0 Å². The Morgan fingerprint density at radius 3 is 2.57 bits per heavy atom. The van der Waals surface area contributed by atoms with Crippen LogP contribution >= 0.6 is 0 Å². The first-order valence-electron chi connectivity index (χ1n) is 7.59. The van der Waals surface area contributed by atoms with E-state index in [2.05, 4.69) is 4.98 Å². The molecule has 1 aromatic carbocycles. The molecule has 2 aromatic rings. The summed E-state index contributed by atoms with van der Waals surface area (Å²) in [5, 5.41) is 0. The lowest BCUT2D eigenvalue weighted by Gasteiger charge is -2.29. The first-order valence-corrected chi connectivity index (χ1v) is 9.44. The maximum Gasteiger partial charge on any atom is 0.211 e. The number of halogens is 1. The zero-order chi connectivity index (χ0) is 16.6. The van der Waals surface area contributed by atoms with Crippen LogP contribution < -0.4 is 0 Å². The molecule has 1 aliphatic heterocycles. The van der Waals surface area contributed by atoms with Crippen LogP contribution in [-0.2, 0) is 17.1 Å². The highest BCUT2D eigenvalue weighted by molar-refractivity contribution is 7.88. The van der Waals surface area contributed by atoms with E-state index in [4.69, 9.17) is 0 Å². The molecule has 0 spiro atoms. The average molecular weight is 337 g/mol. The number of aryl methyl sites for hydroxylation is 1. The first-order chi connectivity index (χ1) is 10.8. The van der Waals surface area contributed by atoms with Crippen molar-refractivity contribution < 1.29 is 12.8 Å². The molecule has 0 atom stereocenters. The van der Waals surface area contributed by atoms with Crippen molar-refractivity contribution in [1.82, 2.24) is 13.9 Å². The normalized spacial score (nSPS) is 17.5. The second-order valence-corrected chi connectivity index (χ2v) is 8.02. The Morgan fingerprint density at radius 2 is 1.96 bits per heavy atom. The molecule has 2 heterocycles. The highest BCUT2D eigenvalue weighted by atomic mass is 32.2. The third-order valence-electron chi connectivity index (χ3n) is 4.32. The summed E-state index contributed by atoms with van der Waals surface area (Å²) in [5.74, 6) is 0.869. The molecule has 0 amide bonds. The van der Waals surface area contributed by atoms with Gasteiger partial charge in [0.25, 0.3) is 0 Å². The molecule has 0 aliphatic carbocycles. The standard InChI is InChI=1S/C16H20FN3O2S/c1-19-11-15(13-4-3-5-14(17)10-13)18-16(19)12-6-8-20(9-7-12)23(2,21)22/h3-5,10-12H,6-9H2,1-2H3. The summed E-state index contributed by atoms with van der Waals surface area (Å²) < 4.78 is 40.0. The molecule has 1 saturated heterocycles. The fourth-order valence-electron chi connectivity index (χ4n) is 3.09. The van der Waals surface area contributed by atoms with Gasteiger partial charge in [-0.2, -0.15) is 0 Å². The Labute approximate surface area is 135 Å². The minimum absolute atomic E-state index is 0.223. The predicted molar refractivity (Wildman–Crippen MR) is 87.0 cm³/mol. The molecule has 7 heteroatoms. The van der Waals surface area contributed by atoms with Gasteiger partial charge < -0.3 is 4.57 Å². The molecule has 0 N–H and O–H groups in total. The van der Waals surface area contributed by atoms with Gasteiger partial charge in [0.2, 0.25) is 10.0 Å². The Bertz CT molecular complexity index is 808. The van der Waals surface area contributed by atoms with Crippen LogP contribution in [0, 0.1) is 5.82 Å². The highest BCUT2D eigenvalue weighted by Crippen LogP contribution is 2.30. The summed E-state index contributed by atoms with van der Waals surface area (Å²) >= 11 is 0. The van der Waals surface area contributed by atoms with Crippen LogP contribution in [0.5, 0.6) is 0 Å². The van der Waals surface area contributed by atoms with Crippen LogP contribution in [-0.4, -0.2) is 41.6 Å². The summed E-state index contributed by atoms with van der Waals surface area (Å²) in [5.41, 5.74) is 1.49. The summed E-state index contributed by atoms with van der Waals surface area (Å²) in [6.07, 6.45) is 4.64. The van der Waals surface area contributed by atoms with E-state index < -0.39 is 10.0 Å². The molecular weight excluding hydrogens is 317 g/mol. The number of rotatable bonds is 3. The van der Waals surface area contributed by atoms with Crippen molar-refractivity contribution in [3.8, 4) is 11.3 Å². The molecule has 1 aliphatic rings. The van der Waals surface area contributed by atoms with Crippen LogP contribution in [0.4, 0.5) is 4.39 Å². The topological polar surface area (TPSA) is 55.2 Å². The second kappa shape index (κ2) is 6.05. The third-order valence-corrected chi connectivity index (χ3v) is 5.62. The van der Waals surface area contributed by atoms with E-state index in [1.54, 1.807) is 6.07 Å². The monoisotopic (exact) mass is 337 g/mol. The number of piperidine rings is 1. The van der Waals surface area contributed by atoms with Gasteiger partial charge in [0.1, 0.15) is 11.6 Å². The maximum atomic E-state index is 13.4. The summed E-state index contributed by atoms with van der Waals surface area (Å²) in [6.45, 7) is 1.04. The van der Waals surface area contributed by atoms with Gasteiger partial charge in [-0.3, -0.25) is 0 Å². The van der Waals surface area contributed by atoms with Crippen LogP contribution in [0.25, 0.3) is 11.3 Å². The van der Waals surface area contributed by atoms with Gasteiger partial charge in [-0.15, -0.1) is 0 Å². The Balaban J connectivity index is 1.80. The Hall–Kier alpha value is -1.73. The fourth-order valence-corrected chi connectivity index (χ4v) is 3.97. The summed E-state index contributed by atoms with van der Waals surface area (Å²) in [4.78, 5) is 4.66. The average Bonchev–Trinajstić information content (AvgIpc) is 2.88. The lowest BCUT2D eigenvalue weighted by atomic mass is 9.97. The van der Waals surface area contributed by atoms with Crippen molar-refractivity contribution >= 4 is 10.0 Å². The minimum atomic E-state index is -3.12. The van der Waals surface area contributed by atoms with Gasteiger partial charge in [-0.05, 0) is 25.0 Å². The largest absolute Gasteiger partial charge is 0.337 e. The quantitative estimate of drug-likeness (QED) is 0.864. The minimum Gasteiger partial charge on any atom is -0.337 e. The van der Waals surface area contributed by atoms with Gasteiger partial charge >= 0.3 is 0 Å². The van der Waals surface area contributed by atoms with Crippen molar-refractivity contribution in [2.24, 2.45) is 7.05 Å². The van der Waals surface area contributed by atoms with E-state index in [0.717, 1.165) is 29.9 Å². The van der Waals surface area contributed by atoms with E-state index in [1.165, 1.54) is 22.7 Å². The molecular formula is C16H20FN3O2S. The Morgan fingerprint density at radius 1 is 1.26 bits per heavy atom. The molecule has 0 radical (unpaired) electrons. The second-order valence-electron chi connectivity index (χ2n) is 6.04. The maximum absolute atomic E-state index is 13.4. The molecule has 3 rings (SSSR count). The van der Waals surface area contributed by atoms with Gasteiger partial charge in [0.15, 0.2) is 0 Å². The lowest BCUT2D eigenvalue weighted by Crippen LogP contribution is -2.37. The number of nitrogens with zero attached hydrogens (tertiary/aromatic N) is 3. The SMILES string of the molecule is Cn1cc(-c2cccc(F)c2)nc1C1CCN(S(C)(=O)=O)CC1. The number of imidazole rings is 1. The smallest absolute Gasteiger partial charge is 0.211 e. The van der Waals surface area contributed by atoms with Crippen LogP contribution in [0.2, 0.25) is 0 Å². The van der Waals surface area contributed by atoms with Crippen molar-refractivity contribution in [2.75, 3.05) is 19.3 Å². The van der Waals surface area contributed by atoms with Gasteiger partial charge in [-0.25, -0.2) is 22.1 Å². The van der Waals surface area contributed by atoms with E-state index >= 15 is 0 Å². The number of hydrogen-bond donors (Lipinski definition) is 0. The van der Waals surface area contributed by atoms with Gasteiger partial charge in [0.05, 0.1) is 11.9 Å². The number of hydrogen-bond acceptors (Lipinski definition) is 3. The third kappa shape index (κ3) is 3.45. The summed E-state index contributed by atoms with van der Waals surface area (Å²) in [7, 11) is -1.20. The predicted octanol–water partition coefficient (Wildman–Crippen LogP) is 2.37. The lowest BCUT2D eigenvalue weighted by molar-refractivity contribution is 0.313. The zero-order valence-corrected chi connectivity index (χ0v) is 14.1. The molecule has 1 fully saturated rings. The van der Waals surface area contributed by atoms with Crippen molar-refractivity contribution in [3.05, 3.63) is 42.1 Å². The molecule has 0 saturated carbocycles. The molecule has 5 nitrogen and oxygen atoms in total. The number of benzene rings is 1. The van der Waals surface area contributed by atoms with E-state index in [0.29, 0.717) is 13.1 Å². The number of aromatic nitrogens is 2. The molecule has 1 aromatic heterocycles. The molecule has 23 heavy (non-hydrogen) atoms. The molecule has 0 unspecified atom stereocenters. The van der Waals surface area contributed by atoms with E-state index in [1.807, 2.05) is 23.9 Å². The molecule has 124 valence electrons.